The van der Waals surface area contributed by atoms with Crippen molar-refractivity contribution in [2.24, 2.45) is 0 Å². The molecule has 3 atom stereocenters. The van der Waals surface area contributed by atoms with Crippen molar-refractivity contribution in [3.05, 3.63) is 12.2 Å². The molecule has 0 aromatic rings. The van der Waals surface area contributed by atoms with Gasteiger partial charge >= 0.3 is 19.8 Å². The highest BCUT2D eigenvalue weighted by Crippen LogP contribution is 2.43. The first kappa shape index (κ1) is 41.9. The molecule has 308 valence electrons. The highest BCUT2D eigenvalue weighted by molar-refractivity contribution is 7.47. The third kappa shape index (κ3) is 37.0. The monoisotopic (exact) mass is 768 g/mol. The lowest BCUT2D eigenvalue weighted by Gasteiger charge is -2.20. The molecular weight excluding hydrogens is 683 g/mol. The zero-order chi connectivity index (χ0) is 42.9. The summed E-state index contributed by atoms with van der Waals surface area (Å²) >= 11 is 0. The van der Waals surface area contributed by atoms with Gasteiger partial charge in [0.05, 0.1) is 26.6 Å². The predicted molar refractivity (Wildman–Crippen MR) is 210 cm³/mol. The van der Waals surface area contributed by atoms with Crippen molar-refractivity contribution in [3.63, 3.8) is 0 Å². The first-order chi connectivity index (χ1) is 27.1. The van der Waals surface area contributed by atoms with Crippen molar-refractivity contribution in [3.8, 4) is 0 Å². The second-order valence-corrected chi connectivity index (χ2v) is 15.2. The molecule has 0 aromatic heterocycles. The summed E-state index contributed by atoms with van der Waals surface area (Å²) in [6.45, 7) is -5.01. The second-order valence-electron chi connectivity index (χ2n) is 13.9. The quantitative estimate of drug-likeness (QED) is 0.0238. The lowest BCUT2D eigenvalue weighted by molar-refractivity contribution is -0.161. The van der Waals surface area contributed by atoms with Crippen LogP contribution in [0.3, 0.4) is 0 Å². The van der Waals surface area contributed by atoms with E-state index in [0.29, 0.717) is 19.3 Å². The molecule has 0 fully saturated rings. The smallest absolute Gasteiger partial charge is 0.462 e. The van der Waals surface area contributed by atoms with E-state index < -0.39 is 58.3 Å². The number of esters is 2. The molecule has 10 nitrogen and oxygen atoms in total. The summed E-state index contributed by atoms with van der Waals surface area (Å²) in [5.74, 6) is -2.32. The van der Waals surface area contributed by atoms with Crippen LogP contribution in [0.15, 0.2) is 12.2 Å². The number of allylic oxidation sites excluding steroid dienone is 2. The Kier molecular flexibility index (Phi) is 30.6. The van der Waals surface area contributed by atoms with Crippen LogP contribution in [0.2, 0.25) is 0 Å². The molecule has 11 heteroatoms. The molecule has 0 bridgehead atoms. The Hall–Kier alpha value is -1.29. The summed E-state index contributed by atoms with van der Waals surface area (Å²) in [7, 11) is -5.49. The number of carbonyl (C=O) groups is 2. The average Bonchev–Trinajstić information content (AvgIpc) is 3.14. The fraction of sp³-hybridized carbons (Fsp3) is 0.902. The Balaban J connectivity index is 5.03. The molecule has 0 radical (unpaired) electrons. The van der Waals surface area contributed by atoms with Gasteiger partial charge in [-0.15, -0.1) is 0 Å². The number of unbranched alkanes of at least 4 members (excludes halogenated alkanes) is 24. The summed E-state index contributed by atoms with van der Waals surface area (Å²) in [5, 5.41) is 18.4. The van der Waals surface area contributed by atoms with Crippen LogP contribution in [0.5, 0.6) is 0 Å². The van der Waals surface area contributed by atoms with Crippen LogP contribution in [0.25, 0.3) is 0 Å². The van der Waals surface area contributed by atoms with Crippen LogP contribution in [0.1, 0.15) is 207 Å². The van der Waals surface area contributed by atoms with Crippen LogP contribution in [0, 0.1) is 0 Å². The summed E-state index contributed by atoms with van der Waals surface area (Å²) in [4.78, 5) is 35.7. The molecular formula is C41H79O10P. The van der Waals surface area contributed by atoms with Gasteiger partial charge in [0.2, 0.25) is 0 Å². The average molecular weight is 768 g/mol. The van der Waals surface area contributed by atoms with Gasteiger partial charge in [0.1, 0.15) is 12.7 Å². The van der Waals surface area contributed by atoms with Crippen molar-refractivity contribution < 1.29 is 54.6 Å². The maximum atomic E-state index is 12.9. The summed E-state index contributed by atoms with van der Waals surface area (Å²) in [6.07, 6.45) is 26.9. The van der Waals surface area contributed by atoms with E-state index in [1.165, 1.54) is 89.9 Å². The Labute approximate surface area is 324 Å². The molecule has 0 aromatic carbocycles. The molecule has 3 N–H and O–H groups in total. The Morgan fingerprint density at radius 2 is 1.04 bits per heavy atom. The molecule has 0 heterocycles. The van der Waals surface area contributed by atoms with E-state index in [2.05, 4.69) is 35.0 Å². The van der Waals surface area contributed by atoms with E-state index in [9.17, 15) is 24.2 Å². The van der Waals surface area contributed by atoms with Gasteiger partial charge in [-0.1, -0.05) is 161 Å². The number of aliphatic hydroxyl groups excluding tert-OH is 2. The summed E-state index contributed by atoms with van der Waals surface area (Å²) < 4.78 is 73.5. The van der Waals surface area contributed by atoms with E-state index >= 15 is 0 Å². The number of phosphoric ester groups is 1. The molecule has 2 unspecified atom stereocenters. The number of hydrogen-bond donors (Lipinski definition) is 3. The number of carbonyl (C=O) groups excluding carboxylic acids is 2. The fourth-order valence-electron chi connectivity index (χ4n) is 5.54. The molecule has 0 spiro atoms. The molecule has 52 heavy (non-hydrogen) atoms. The first-order valence-corrected chi connectivity index (χ1v) is 22.1. The van der Waals surface area contributed by atoms with Gasteiger partial charge in [-0.3, -0.25) is 18.6 Å². The van der Waals surface area contributed by atoms with E-state index in [4.69, 9.17) is 21.4 Å². The third-order valence-electron chi connectivity index (χ3n) is 8.75. The van der Waals surface area contributed by atoms with Gasteiger partial charge in [-0.25, -0.2) is 4.57 Å². The Morgan fingerprint density at radius 3 is 1.48 bits per heavy atom. The standard InChI is InChI=1S/C41H79O10P/c1-3-5-7-9-11-13-15-17-19-21-23-25-27-29-31-33-41(45)51-39(37-50-52(46,47)49-35-38(43)34-42)36-48-40(44)32-30-28-26-24-22-20-18-16-14-12-10-8-6-4-2/h17,19,38-39,42-43H,3-16,18,20-37H2,1-2H3,(H,46,47)/b19-17-/t38?,39-/m1/s1/i36D2,37D2,39D. The number of phosphoric acid groups is 1. The van der Waals surface area contributed by atoms with Crippen molar-refractivity contribution >= 4 is 19.8 Å². The number of ether oxygens (including phenoxy) is 2. The molecule has 0 amide bonds. The molecule has 0 saturated carbocycles. The minimum atomic E-state index is -5.49. The van der Waals surface area contributed by atoms with Crippen LogP contribution in [-0.2, 0) is 32.7 Å². The van der Waals surface area contributed by atoms with Crippen molar-refractivity contribution in [1.29, 1.82) is 0 Å². The molecule has 0 aliphatic heterocycles. The van der Waals surface area contributed by atoms with E-state index in [-0.39, 0.29) is 19.3 Å². The highest BCUT2D eigenvalue weighted by Gasteiger charge is 2.27. The fourth-order valence-corrected chi connectivity index (χ4v) is 6.16. The molecule has 0 aliphatic rings. The normalized spacial score (nSPS) is 16.6. The van der Waals surface area contributed by atoms with Crippen LogP contribution >= 0.6 is 7.82 Å². The van der Waals surface area contributed by atoms with E-state index in [1.807, 2.05) is 0 Å². The van der Waals surface area contributed by atoms with Gasteiger partial charge in [0.15, 0.2) is 6.08 Å². The predicted octanol–water partition coefficient (Wildman–Crippen LogP) is 10.8. The molecule has 0 saturated heterocycles. The van der Waals surface area contributed by atoms with E-state index in [1.54, 1.807) is 0 Å². The van der Waals surface area contributed by atoms with Crippen molar-refractivity contribution in [2.75, 3.05) is 26.3 Å². The van der Waals surface area contributed by atoms with Gasteiger partial charge in [0, 0.05) is 12.8 Å². The van der Waals surface area contributed by atoms with Gasteiger partial charge in [0.25, 0.3) is 0 Å². The summed E-state index contributed by atoms with van der Waals surface area (Å²) in [6, 6.07) is 0. The lowest BCUT2D eigenvalue weighted by atomic mass is 10.0. The van der Waals surface area contributed by atoms with Crippen molar-refractivity contribution in [1.82, 2.24) is 0 Å². The second kappa shape index (κ2) is 38.0. The number of hydrogen-bond acceptors (Lipinski definition) is 9. The largest absolute Gasteiger partial charge is 0.472 e. The molecule has 0 aliphatic carbocycles. The lowest BCUT2D eigenvalue weighted by Crippen LogP contribution is -2.29. The number of rotatable bonds is 40. The zero-order valence-electron chi connectivity index (χ0n) is 37.8. The minimum Gasteiger partial charge on any atom is -0.462 e. The SMILES string of the molecule is [2H]C([2H])(OC(=O)CCCCCCCCCCCCCCCC)[C@@]([2H])(OC(=O)CCCCCCC/C=C\CCCCCCCC)C([2H])([2H])OP(=O)(O)OCC(O)CO. The van der Waals surface area contributed by atoms with Crippen LogP contribution in [-0.4, -0.2) is 65.6 Å². The van der Waals surface area contributed by atoms with Crippen molar-refractivity contribution in [2.45, 2.75) is 212 Å². The van der Waals surface area contributed by atoms with E-state index in [0.717, 1.165) is 57.8 Å². The van der Waals surface area contributed by atoms with Crippen LogP contribution < -0.4 is 0 Å². The minimum absolute atomic E-state index is 0.249. The maximum absolute atomic E-state index is 12.9. The highest BCUT2D eigenvalue weighted by atomic mass is 31.2. The Bertz CT molecular complexity index is 1100. The summed E-state index contributed by atoms with van der Waals surface area (Å²) in [5.41, 5.74) is 0. The molecule has 0 rings (SSSR count). The van der Waals surface area contributed by atoms with Gasteiger partial charge in [-0.2, -0.15) is 0 Å². The van der Waals surface area contributed by atoms with Gasteiger partial charge in [-0.05, 0) is 38.5 Å². The maximum Gasteiger partial charge on any atom is 0.472 e. The Morgan fingerprint density at radius 1 is 0.635 bits per heavy atom. The third-order valence-corrected chi connectivity index (χ3v) is 9.54. The first-order valence-electron chi connectivity index (χ1n) is 23.1. The number of aliphatic hydroxyl groups is 2. The van der Waals surface area contributed by atoms with Gasteiger partial charge < -0.3 is 24.6 Å². The van der Waals surface area contributed by atoms with Crippen LogP contribution in [0.4, 0.5) is 0 Å². The topological polar surface area (TPSA) is 149 Å². The zero-order valence-corrected chi connectivity index (χ0v) is 33.7.